The van der Waals surface area contributed by atoms with Gasteiger partial charge in [0.15, 0.2) is 0 Å². The van der Waals surface area contributed by atoms with E-state index < -0.39 is 0 Å². The van der Waals surface area contributed by atoms with Crippen LogP contribution in [0.5, 0.6) is 5.75 Å². The van der Waals surface area contributed by atoms with Crippen LogP contribution in [0.15, 0.2) is 36.9 Å². The molecule has 0 atom stereocenters. The SMILES string of the molecule is C=CCNC(=O)CN(Cc1ccccc1OC)C(C)=O. The van der Waals surface area contributed by atoms with E-state index in [0.717, 1.165) is 5.56 Å². The number of rotatable bonds is 7. The standard InChI is InChI=1S/C15H20N2O3/c1-4-9-16-15(19)11-17(12(2)18)10-13-7-5-6-8-14(13)20-3/h4-8H,1,9-11H2,2-3H3,(H,16,19). The number of ether oxygens (including phenoxy) is 1. The number of hydrogen-bond acceptors (Lipinski definition) is 3. The highest BCUT2D eigenvalue weighted by molar-refractivity contribution is 5.83. The Hall–Kier alpha value is -2.30. The second-order valence-corrected chi connectivity index (χ2v) is 4.28. The van der Waals surface area contributed by atoms with Crippen molar-refractivity contribution in [3.8, 4) is 5.75 Å². The van der Waals surface area contributed by atoms with Crippen LogP contribution in [-0.2, 0) is 16.1 Å². The molecule has 5 nitrogen and oxygen atoms in total. The number of hydrogen-bond donors (Lipinski definition) is 1. The molecule has 1 N–H and O–H groups in total. The summed E-state index contributed by atoms with van der Waals surface area (Å²) in [5, 5.41) is 2.65. The molecule has 0 spiro atoms. The van der Waals surface area contributed by atoms with Crippen molar-refractivity contribution < 1.29 is 14.3 Å². The molecule has 108 valence electrons. The summed E-state index contributed by atoms with van der Waals surface area (Å²) in [4.78, 5) is 24.8. The highest BCUT2D eigenvalue weighted by atomic mass is 16.5. The van der Waals surface area contributed by atoms with Crippen LogP contribution in [0, 0.1) is 0 Å². The molecule has 0 bridgehead atoms. The maximum atomic E-state index is 11.7. The van der Waals surface area contributed by atoms with Gasteiger partial charge in [0.1, 0.15) is 5.75 Å². The summed E-state index contributed by atoms with van der Waals surface area (Å²) in [6.07, 6.45) is 1.59. The molecular formula is C15H20N2O3. The van der Waals surface area contributed by atoms with E-state index in [4.69, 9.17) is 4.74 Å². The predicted molar refractivity (Wildman–Crippen MR) is 77.3 cm³/mol. The molecule has 1 aromatic carbocycles. The van der Waals surface area contributed by atoms with Crippen LogP contribution in [0.25, 0.3) is 0 Å². The fraction of sp³-hybridized carbons (Fsp3) is 0.333. The highest BCUT2D eigenvalue weighted by Gasteiger charge is 2.15. The second-order valence-electron chi connectivity index (χ2n) is 4.28. The lowest BCUT2D eigenvalue weighted by molar-refractivity contribution is -0.134. The largest absolute Gasteiger partial charge is 0.496 e. The molecule has 0 aliphatic carbocycles. The molecule has 0 saturated carbocycles. The van der Waals surface area contributed by atoms with Gasteiger partial charge >= 0.3 is 0 Å². The third-order valence-corrected chi connectivity index (χ3v) is 2.78. The highest BCUT2D eigenvalue weighted by Crippen LogP contribution is 2.19. The van der Waals surface area contributed by atoms with Crippen molar-refractivity contribution in [3.05, 3.63) is 42.5 Å². The van der Waals surface area contributed by atoms with Gasteiger partial charge < -0.3 is 15.0 Å². The molecule has 1 rings (SSSR count). The van der Waals surface area contributed by atoms with Crippen molar-refractivity contribution in [1.29, 1.82) is 0 Å². The molecule has 5 heteroatoms. The van der Waals surface area contributed by atoms with Gasteiger partial charge in [-0.3, -0.25) is 9.59 Å². The fourth-order valence-electron chi connectivity index (χ4n) is 1.73. The van der Waals surface area contributed by atoms with Gasteiger partial charge in [-0.25, -0.2) is 0 Å². The minimum Gasteiger partial charge on any atom is -0.496 e. The summed E-state index contributed by atoms with van der Waals surface area (Å²) in [6, 6.07) is 7.42. The van der Waals surface area contributed by atoms with Crippen LogP contribution in [0.4, 0.5) is 0 Å². The number of nitrogens with one attached hydrogen (secondary N) is 1. The zero-order valence-electron chi connectivity index (χ0n) is 11.9. The molecule has 0 aromatic heterocycles. The van der Waals surface area contributed by atoms with Crippen molar-refractivity contribution in [1.82, 2.24) is 10.2 Å². The van der Waals surface area contributed by atoms with Gasteiger partial charge in [0.05, 0.1) is 13.7 Å². The van der Waals surface area contributed by atoms with E-state index in [1.807, 2.05) is 24.3 Å². The number of carbonyl (C=O) groups is 2. The Morgan fingerprint density at radius 3 is 2.70 bits per heavy atom. The zero-order chi connectivity index (χ0) is 15.0. The van der Waals surface area contributed by atoms with E-state index in [1.54, 1.807) is 13.2 Å². The van der Waals surface area contributed by atoms with Crippen molar-refractivity contribution in [2.45, 2.75) is 13.5 Å². The van der Waals surface area contributed by atoms with Gasteiger partial charge in [0.25, 0.3) is 0 Å². The quantitative estimate of drug-likeness (QED) is 0.765. The average Bonchev–Trinajstić information content (AvgIpc) is 2.44. The summed E-state index contributed by atoms with van der Waals surface area (Å²) in [5.41, 5.74) is 0.863. The van der Waals surface area contributed by atoms with Gasteiger partial charge in [-0.05, 0) is 6.07 Å². The van der Waals surface area contributed by atoms with Crippen LogP contribution in [0.2, 0.25) is 0 Å². The summed E-state index contributed by atoms with van der Waals surface area (Å²) in [6.45, 7) is 5.70. The maximum absolute atomic E-state index is 11.7. The van der Waals surface area contributed by atoms with Gasteiger partial charge in [-0.1, -0.05) is 24.3 Å². The Balaban J connectivity index is 2.74. The number of amides is 2. The topological polar surface area (TPSA) is 58.6 Å². The Morgan fingerprint density at radius 1 is 1.40 bits per heavy atom. The van der Waals surface area contributed by atoms with Crippen molar-refractivity contribution in [2.24, 2.45) is 0 Å². The van der Waals surface area contributed by atoms with E-state index in [-0.39, 0.29) is 18.4 Å². The summed E-state index contributed by atoms with van der Waals surface area (Å²) < 4.78 is 5.24. The number of nitrogens with zero attached hydrogens (tertiary/aromatic N) is 1. The Kier molecular flexibility index (Phi) is 6.29. The molecule has 0 heterocycles. The molecule has 0 aliphatic rings. The van der Waals surface area contributed by atoms with Crippen LogP contribution in [-0.4, -0.2) is 36.9 Å². The molecule has 0 aliphatic heterocycles. The first kappa shape index (κ1) is 15.8. The Bertz CT molecular complexity index is 486. The van der Waals surface area contributed by atoms with E-state index in [9.17, 15) is 9.59 Å². The smallest absolute Gasteiger partial charge is 0.239 e. The van der Waals surface area contributed by atoms with E-state index >= 15 is 0 Å². The Labute approximate surface area is 119 Å². The molecule has 2 amide bonds. The van der Waals surface area contributed by atoms with Gasteiger partial charge in [0.2, 0.25) is 11.8 Å². The van der Waals surface area contributed by atoms with Gasteiger partial charge in [0, 0.05) is 25.6 Å². The first-order valence-corrected chi connectivity index (χ1v) is 6.33. The van der Waals surface area contributed by atoms with Crippen molar-refractivity contribution >= 4 is 11.8 Å². The Morgan fingerprint density at radius 2 is 2.10 bits per heavy atom. The molecular weight excluding hydrogens is 256 g/mol. The normalized spacial score (nSPS) is 9.70. The second kappa shape index (κ2) is 7.99. The predicted octanol–water partition coefficient (Wildman–Crippen LogP) is 1.35. The molecule has 0 saturated heterocycles. The van der Waals surface area contributed by atoms with Crippen molar-refractivity contribution in [2.75, 3.05) is 20.2 Å². The molecule has 0 unspecified atom stereocenters. The fourth-order valence-corrected chi connectivity index (χ4v) is 1.73. The minimum absolute atomic E-state index is 0.0151. The van der Waals surface area contributed by atoms with Crippen LogP contribution < -0.4 is 10.1 Å². The van der Waals surface area contributed by atoms with E-state index in [1.165, 1.54) is 11.8 Å². The number of carbonyl (C=O) groups excluding carboxylic acids is 2. The van der Waals surface area contributed by atoms with Gasteiger partial charge in [-0.15, -0.1) is 6.58 Å². The molecule has 20 heavy (non-hydrogen) atoms. The van der Waals surface area contributed by atoms with E-state index in [0.29, 0.717) is 18.8 Å². The summed E-state index contributed by atoms with van der Waals surface area (Å²) in [5.74, 6) is 0.324. The lowest BCUT2D eigenvalue weighted by Crippen LogP contribution is -2.39. The lowest BCUT2D eigenvalue weighted by atomic mass is 10.2. The lowest BCUT2D eigenvalue weighted by Gasteiger charge is -2.21. The monoisotopic (exact) mass is 276 g/mol. The van der Waals surface area contributed by atoms with Crippen molar-refractivity contribution in [3.63, 3.8) is 0 Å². The molecule has 0 radical (unpaired) electrons. The van der Waals surface area contributed by atoms with Gasteiger partial charge in [-0.2, -0.15) is 0 Å². The third-order valence-electron chi connectivity index (χ3n) is 2.78. The maximum Gasteiger partial charge on any atom is 0.239 e. The first-order valence-electron chi connectivity index (χ1n) is 6.33. The van der Waals surface area contributed by atoms with Crippen LogP contribution in [0.3, 0.4) is 0 Å². The molecule has 1 aromatic rings. The summed E-state index contributed by atoms with van der Waals surface area (Å²) >= 11 is 0. The van der Waals surface area contributed by atoms with E-state index in [2.05, 4.69) is 11.9 Å². The number of para-hydroxylation sites is 1. The third kappa shape index (κ3) is 4.76. The minimum atomic E-state index is -0.213. The van der Waals surface area contributed by atoms with Crippen LogP contribution in [0.1, 0.15) is 12.5 Å². The average molecular weight is 276 g/mol. The number of benzene rings is 1. The number of methoxy groups -OCH3 is 1. The first-order chi connectivity index (χ1) is 9.58. The molecule has 0 fully saturated rings. The van der Waals surface area contributed by atoms with Crippen LogP contribution >= 0.6 is 0 Å². The summed E-state index contributed by atoms with van der Waals surface area (Å²) in [7, 11) is 1.58. The zero-order valence-corrected chi connectivity index (χ0v) is 11.9.